The molecule has 0 atom stereocenters. The molecule has 0 fully saturated rings. The van der Waals surface area contributed by atoms with Crippen molar-refractivity contribution in [3.05, 3.63) is 74.4 Å². The molecule has 140 valence electrons. The summed E-state index contributed by atoms with van der Waals surface area (Å²) in [5.41, 5.74) is 1.23. The van der Waals surface area contributed by atoms with E-state index in [-0.39, 0.29) is 5.69 Å². The van der Waals surface area contributed by atoms with Crippen LogP contribution in [0.5, 0.6) is 5.75 Å². The fourth-order valence-corrected chi connectivity index (χ4v) is 3.32. The smallest absolute Gasteiger partial charge is 0.270 e. The highest BCUT2D eigenvalue weighted by Crippen LogP contribution is 2.31. The lowest BCUT2D eigenvalue weighted by atomic mass is 10.2. The van der Waals surface area contributed by atoms with Crippen molar-refractivity contribution in [2.45, 2.75) is 6.61 Å². The predicted octanol–water partition coefficient (Wildman–Crippen LogP) is 4.97. The molecule has 0 aliphatic carbocycles. The summed E-state index contributed by atoms with van der Waals surface area (Å²) in [6.07, 6.45) is 3.11. The van der Waals surface area contributed by atoms with E-state index in [0.29, 0.717) is 39.8 Å². The molecular weight excluding hydrogens is 402 g/mol. The number of halogens is 1. The molecule has 4 aromatic rings. The Kier molecular flexibility index (Phi) is 5.00. The van der Waals surface area contributed by atoms with Gasteiger partial charge in [-0.3, -0.25) is 10.1 Å². The van der Waals surface area contributed by atoms with Gasteiger partial charge in [-0.25, -0.2) is 15.0 Å². The number of non-ortho nitro benzene ring substituents is 1. The number of ether oxygens (including phenoxy) is 1. The minimum atomic E-state index is -0.457. The van der Waals surface area contributed by atoms with Gasteiger partial charge < -0.3 is 10.1 Å². The highest BCUT2D eigenvalue weighted by molar-refractivity contribution is 7.09. The number of aromatic nitrogens is 3. The van der Waals surface area contributed by atoms with E-state index >= 15 is 0 Å². The standard InChI is InChI=1S/C18H12ClN5O3S/c19-14-7-11(1-4-16(14)27-9-17-20-5-6-28-17)23-18-13-8-12(24(25)26)2-3-15(13)21-10-22-18/h1-8,10H,9H2,(H,21,22,23). The maximum atomic E-state index is 11.1. The topological polar surface area (TPSA) is 103 Å². The zero-order valence-corrected chi connectivity index (χ0v) is 15.8. The maximum absolute atomic E-state index is 11.1. The van der Waals surface area contributed by atoms with Crippen LogP contribution in [0, 0.1) is 10.1 Å². The number of fused-ring (bicyclic) bond motifs is 1. The largest absolute Gasteiger partial charge is 0.485 e. The number of rotatable bonds is 6. The van der Waals surface area contributed by atoms with Gasteiger partial charge in [0.15, 0.2) is 0 Å². The molecular formula is C18H12ClN5O3S. The van der Waals surface area contributed by atoms with Gasteiger partial charge in [0.2, 0.25) is 0 Å². The van der Waals surface area contributed by atoms with Crippen molar-refractivity contribution in [3.8, 4) is 5.75 Å². The Morgan fingerprint density at radius 2 is 2.07 bits per heavy atom. The monoisotopic (exact) mass is 413 g/mol. The molecule has 2 heterocycles. The number of nitrogens with zero attached hydrogens (tertiary/aromatic N) is 4. The Bertz CT molecular complexity index is 1150. The summed E-state index contributed by atoms with van der Waals surface area (Å²) in [6, 6.07) is 9.65. The fraction of sp³-hybridized carbons (Fsp3) is 0.0556. The predicted molar refractivity (Wildman–Crippen MR) is 107 cm³/mol. The van der Waals surface area contributed by atoms with Gasteiger partial charge in [-0.1, -0.05) is 11.6 Å². The van der Waals surface area contributed by atoms with E-state index < -0.39 is 4.92 Å². The summed E-state index contributed by atoms with van der Waals surface area (Å²) in [7, 11) is 0. The minimum absolute atomic E-state index is 0.0330. The van der Waals surface area contributed by atoms with Crippen LogP contribution < -0.4 is 10.1 Å². The maximum Gasteiger partial charge on any atom is 0.270 e. The zero-order chi connectivity index (χ0) is 19.5. The number of benzene rings is 2. The molecule has 0 saturated carbocycles. The molecule has 2 aromatic carbocycles. The van der Waals surface area contributed by atoms with E-state index in [1.807, 2.05) is 5.38 Å². The molecule has 0 aliphatic heterocycles. The van der Waals surface area contributed by atoms with Crippen molar-refractivity contribution < 1.29 is 9.66 Å². The average Bonchev–Trinajstić information content (AvgIpc) is 3.21. The molecule has 0 spiro atoms. The Morgan fingerprint density at radius 1 is 1.18 bits per heavy atom. The first-order valence-corrected chi connectivity index (χ1v) is 9.33. The van der Waals surface area contributed by atoms with Gasteiger partial charge in [0, 0.05) is 34.8 Å². The second-order valence-corrected chi connectivity index (χ2v) is 7.05. The lowest BCUT2D eigenvalue weighted by Gasteiger charge is -2.11. The van der Waals surface area contributed by atoms with Crippen molar-refractivity contribution in [2.75, 3.05) is 5.32 Å². The van der Waals surface area contributed by atoms with E-state index in [9.17, 15) is 10.1 Å². The van der Waals surface area contributed by atoms with E-state index in [2.05, 4.69) is 20.3 Å². The lowest BCUT2D eigenvalue weighted by molar-refractivity contribution is -0.384. The normalized spacial score (nSPS) is 10.8. The van der Waals surface area contributed by atoms with Gasteiger partial charge in [0.05, 0.1) is 15.5 Å². The van der Waals surface area contributed by atoms with Crippen LogP contribution >= 0.6 is 22.9 Å². The third-order valence-electron chi connectivity index (χ3n) is 3.86. The number of nitro benzene ring substituents is 1. The summed E-state index contributed by atoms with van der Waals surface area (Å²) < 4.78 is 5.69. The van der Waals surface area contributed by atoms with E-state index in [1.54, 1.807) is 30.5 Å². The summed E-state index contributed by atoms with van der Waals surface area (Å²) in [5.74, 6) is 0.979. The highest BCUT2D eigenvalue weighted by atomic mass is 35.5. The third kappa shape index (κ3) is 3.85. The quantitative estimate of drug-likeness (QED) is 0.351. The lowest BCUT2D eigenvalue weighted by Crippen LogP contribution is -1.98. The third-order valence-corrected chi connectivity index (χ3v) is 4.91. The molecule has 0 aliphatic rings. The van der Waals surface area contributed by atoms with Crippen molar-refractivity contribution >= 4 is 51.0 Å². The second kappa shape index (κ2) is 7.75. The van der Waals surface area contributed by atoms with Crippen LogP contribution in [-0.2, 0) is 6.61 Å². The van der Waals surface area contributed by atoms with Crippen molar-refractivity contribution in [2.24, 2.45) is 0 Å². The summed E-state index contributed by atoms with van der Waals surface area (Å²) in [6.45, 7) is 0.338. The first kappa shape index (κ1) is 18.1. The number of anilines is 2. The van der Waals surface area contributed by atoms with E-state index in [0.717, 1.165) is 5.01 Å². The molecule has 0 radical (unpaired) electrons. The van der Waals surface area contributed by atoms with Gasteiger partial charge >= 0.3 is 0 Å². The Labute approximate surface area is 168 Å². The summed E-state index contributed by atoms with van der Waals surface area (Å²) >= 11 is 7.82. The second-order valence-electron chi connectivity index (χ2n) is 5.67. The first-order valence-electron chi connectivity index (χ1n) is 8.07. The zero-order valence-electron chi connectivity index (χ0n) is 14.2. The molecule has 0 saturated heterocycles. The number of nitrogens with one attached hydrogen (secondary N) is 1. The number of thiazole rings is 1. The molecule has 4 rings (SSSR count). The highest BCUT2D eigenvalue weighted by Gasteiger charge is 2.12. The Morgan fingerprint density at radius 3 is 2.82 bits per heavy atom. The van der Waals surface area contributed by atoms with Gasteiger partial charge in [0.1, 0.15) is 29.5 Å². The Balaban J connectivity index is 1.58. The molecule has 0 amide bonds. The molecule has 10 heteroatoms. The molecule has 2 aromatic heterocycles. The van der Waals surface area contributed by atoms with Crippen LogP contribution in [0.25, 0.3) is 10.9 Å². The fourth-order valence-electron chi connectivity index (χ4n) is 2.55. The number of hydrogen-bond acceptors (Lipinski definition) is 8. The van der Waals surface area contributed by atoms with Gasteiger partial charge in [0.25, 0.3) is 5.69 Å². The van der Waals surface area contributed by atoms with Crippen LogP contribution in [0.3, 0.4) is 0 Å². The SMILES string of the molecule is O=[N+]([O-])c1ccc2ncnc(Nc3ccc(OCc4nccs4)c(Cl)c3)c2c1. The molecule has 28 heavy (non-hydrogen) atoms. The first-order chi connectivity index (χ1) is 13.6. The van der Waals surface area contributed by atoms with Gasteiger partial charge in [-0.15, -0.1) is 11.3 Å². The molecule has 8 nitrogen and oxygen atoms in total. The van der Waals surface area contributed by atoms with Crippen molar-refractivity contribution in [3.63, 3.8) is 0 Å². The number of hydrogen-bond donors (Lipinski definition) is 1. The van der Waals surface area contributed by atoms with Crippen LogP contribution in [0.15, 0.2) is 54.3 Å². The summed E-state index contributed by atoms with van der Waals surface area (Å²) in [5, 5.41) is 17.9. The van der Waals surface area contributed by atoms with Crippen LogP contribution in [0.2, 0.25) is 5.02 Å². The molecule has 1 N–H and O–H groups in total. The molecule has 0 bridgehead atoms. The van der Waals surface area contributed by atoms with E-state index in [1.165, 1.54) is 29.8 Å². The van der Waals surface area contributed by atoms with Crippen LogP contribution in [0.1, 0.15) is 5.01 Å². The summed E-state index contributed by atoms with van der Waals surface area (Å²) in [4.78, 5) is 23.1. The van der Waals surface area contributed by atoms with E-state index in [4.69, 9.17) is 16.3 Å². The van der Waals surface area contributed by atoms with Crippen molar-refractivity contribution in [1.29, 1.82) is 0 Å². The minimum Gasteiger partial charge on any atom is -0.485 e. The number of nitro groups is 1. The van der Waals surface area contributed by atoms with Crippen LogP contribution in [0.4, 0.5) is 17.2 Å². The average molecular weight is 414 g/mol. The van der Waals surface area contributed by atoms with Crippen molar-refractivity contribution in [1.82, 2.24) is 15.0 Å². The Hall–Kier alpha value is -3.30. The van der Waals surface area contributed by atoms with Gasteiger partial charge in [-0.2, -0.15) is 0 Å². The van der Waals surface area contributed by atoms with Crippen LogP contribution in [-0.4, -0.2) is 19.9 Å². The van der Waals surface area contributed by atoms with Gasteiger partial charge in [-0.05, 0) is 24.3 Å². The molecule has 0 unspecified atom stereocenters.